The molecule has 0 amide bonds. The van der Waals surface area contributed by atoms with Crippen LogP contribution in [0.25, 0.3) is 0 Å². The van der Waals surface area contributed by atoms with Gasteiger partial charge in [-0.1, -0.05) is 80.9 Å². The van der Waals surface area contributed by atoms with Crippen LogP contribution < -0.4 is 0 Å². The Bertz CT molecular complexity index is 1160. The number of allylic oxidation sites excluding steroid dienone is 10. The standard InChI is InChI=1S/C38H54/c1-21-22(2)26(6)35(25(21)5)37(33-19-17-29-13-9-11-15-31(29)33)38(36-27(7)23(3)24(4)28(36)8)34-20-18-30-14-10-12-16-32(30)34/h23,29-35H,1,5,9-20H2,2-4,6-8H3. The normalized spacial score (nSPS) is 40.4. The molecule has 206 valence electrons. The maximum Gasteiger partial charge on any atom is 0.0269 e. The van der Waals surface area contributed by atoms with E-state index in [1.165, 1.54) is 93.8 Å². The van der Waals surface area contributed by atoms with Crippen LogP contribution >= 0.6 is 0 Å². The van der Waals surface area contributed by atoms with Crippen LogP contribution in [-0.4, -0.2) is 0 Å². The molecule has 0 bridgehead atoms. The summed E-state index contributed by atoms with van der Waals surface area (Å²) in [6, 6.07) is 0. The Hall–Kier alpha value is -1.56. The molecule has 0 radical (unpaired) electrons. The largest absolute Gasteiger partial charge is 0.0943 e. The summed E-state index contributed by atoms with van der Waals surface area (Å²) in [5.41, 5.74) is 15.8. The molecule has 38 heavy (non-hydrogen) atoms. The third-order valence-corrected chi connectivity index (χ3v) is 13.2. The van der Waals surface area contributed by atoms with Gasteiger partial charge in [0.2, 0.25) is 0 Å². The molecule has 8 atom stereocenters. The summed E-state index contributed by atoms with van der Waals surface area (Å²) in [4.78, 5) is 0. The molecule has 0 saturated heterocycles. The monoisotopic (exact) mass is 510 g/mol. The van der Waals surface area contributed by atoms with E-state index in [4.69, 9.17) is 6.58 Å². The zero-order valence-electron chi connectivity index (χ0n) is 25.5. The van der Waals surface area contributed by atoms with Crippen LogP contribution in [0.1, 0.15) is 119 Å². The van der Waals surface area contributed by atoms with Gasteiger partial charge in [-0.15, -0.1) is 0 Å². The van der Waals surface area contributed by atoms with Crippen LogP contribution in [0.5, 0.6) is 0 Å². The highest BCUT2D eigenvalue weighted by Gasteiger charge is 2.48. The number of fused-ring (bicyclic) bond motifs is 2. The first-order chi connectivity index (χ1) is 18.2. The second kappa shape index (κ2) is 10.1. The molecule has 0 nitrogen and oxygen atoms in total. The Kier molecular flexibility index (Phi) is 7.10. The molecule has 0 aromatic rings. The predicted octanol–water partition coefficient (Wildman–Crippen LogP) is 11.1. The van der Waals surface area contributed by atoms with Crippen molar-refractivity contribution in [3.8, 4) is 0 Å². The summed E-state index contributed by atoms with van der Waals surface area (Å²) >= 11 is 0. The first kappa shape index (κ1) is 26.7. The van der Waals surface area contributed by atoms with Crippen molar-refractivity contribution >= 4 is 0 Å². The lowest BCUT2D eigenvalue weighted by Gasteiger charge is -2.39. The van der Waals surface area contributed by atoms with E-state index in [0.29, 0.717) is 11.8 Å². The summed E-state index contributed by atoms with van der Waals surface area (Å²) in [6.45, 7) is 24.0. The van der Waals surface area contributed by atoms with Crippen LogP contribution in [0.4, 0.5) is 0 Å². The molecule has 0 heteroatoms. The minimum Gasteiger partial charge on any atom is -0.0943 e. The lowest BCUT2D eigenvalue weighted by atomic mass is 9.65. The van der Waals surface area contributed by atoms with Gasteiger partial charge in [-0.2, -0.15) is 0 Å². The molecule has 0 spiro atoms. The summed E-state index contributed by atoms with van der Waals surface area (Å²) in [5.74, 6) is 6.13. The van der Waals surface area contributed by atoms with Crippen molar-refractivity contribution in [2.45, 2.75) is 119 Å². The van der Waals surface area contributed by atoms with Crippen LogP contribution in [-0.2, 0) is 0 Å². The molecule has 0 aliphatic heterocycles. The fourth-order valence-corrected chi connectivity index (χ4v) is 10.6. The van der Waals surface area contributed by atoms with Crippen molar-refractivity contribution in [3.63, 3.8) is 0 Å². The minimum absolute atomic E-state index is 0.384. The Morgan fingerprint density at radius 3 is 1.68 bits per heavy atom. The summed E-state index contributed by atoms with van der Waals surface area (Å²) < 4.78 is 0. The van der Waals surface area contributed by atoms with E-state index in [-0.39, 0.29) is 0 Å². The summed E-state index contributed by atoms with van der Waals surface area (Å²) in [6.07, 6.45) is 17.4. The highest BCUT2D eigenvalue weighted by Crippen LogP contribution is 2.60. The van der Waals surface area contributed by atoms with E-state index in [2.05, 4.69) is 48.1 Å². The van der Waals surface area contributed by atoms with Crippen molar-refractivity contribution < 1.29 is 0 Å². The first-order valence-electron chi connectivity index (χ1n) is 16.4. The van der Waals surface area contributed by atoms with Crippen molar-refractivity contribution in [1.82, 2.24) is 0 Å². The quantitative estimate of drug-likeness (QED) is 0.353. The van der Waals surface area contributed by atoms with Crippen molar-refractivity contribution in [3.05, 3.63) is 68.9 Å². The molecule has 6 aliphatic rings. The maximum absolute atomic E-state index is 4.80. The topological polar surface area (TPSA) is 0 Å². The third-order valence-electron chi connectivity index (χ3n) is 13.2. The molecule has 6 aliphatic carbocycles. The van der Waals surface area contributed by atoms with Crippen LogP contribution in [0.3, 0.4) is 0 Å². The number of rotatable bonds is 4. The Balaban J connectivity index is 1.62. The van der Waals surface area contributed by atoms with Crippen molar-refractivity contribution in [2.24, 2.45) is 47.3 Å². The fourth-order valence-electron chi connectivity index (χ4n) is 10.6. The number of hydrogen-bond donors (Lipinski definition) is 0. The van der Waals surface area contributed by atoms with Gasteiger partial charge in [0.15, 0.2) is 0 Å². The van der Waals surface area contributed by atoms with Gasteiger partial charge in [-0.3, -0.25) is 0 Å². The first-order valence-corrected chi connectivity index (χ1v) is 16.4. The summed E-state index contributed by atoms with van der Waals surface area (Å²) in [7, 11) is 0. The van der Waals surface area contributed by atoms with Gasteiger partial charge in [0.25, 0.3) is 0 Å². The third kappa shape index (κ3) is 3.97. The van der Waals surface area contributed by atoms with Gasteiger partial charge in [0, 0.05) is 5.92 Å². The van der Waals surface area contributed by atoms with Crippen LogP contribution in [0, 0.1) is 47.3 Å². The van der Waals surface area contributed by atoms with E-state index in [9.17, 15) is 0 Å². The molecule has 6 rings (SSSR count). The highest BCUT2D eigenvalue weighted by molar-refractivity contribution is 5.65. The van der Waals surface area contributed by atoms with E-state index >= 15 is 0 Å². The van der Waals surface area contributed by atoms with E-state index in [1.54, 1.807) is 27.9 Å². The van der Waals surface area contributed by atoms with E-state index < -0.39 is 0 Å². The molecule has 0 N–H and O–H groups in total. The zero-order chi connectivity index (χ0) is 26.9. The number of hydrogen-bond acceptors (Lipinski definition) is 0. The molecular formula is C38H54. The lowest BCUT2D eigenvalue weighted by Crippen LogP contribution is -2.29. The van der Waals surface area contributed by atoms with Crippen molar-refractivity contribution in [2.75, 3.05) is 0 Å². The fraction of sp³-hybridized carbons (Fsp3) is 0.684. The lowest BCUT2D eigenvalue weighted by molar-refractivity contribution is 0.232. The van der Waals surface area contributed by atoms with Gasteiger partial charge in [-0.05, 0) is 148 Å². The van der Waals surface area contributed by atoms with Gasteiger partial charge >= 0.3 is 0 Å². The molecule has 4 fully saturated rings. The Labute approximate surface area is 234 Å². The van der Waals surface area contributed by atoms with Crippen LogP contribution in [0.15, 0.2) is 68.9 Å². The molecule has 8 unspecified atom stereocenters. The second-order valence-corrected chi connectivity index (χ2v) is 14.5. The van der Waals surface area contributed by atoms with E-state index in [1.807, 2.05) is 11.1 Å². The predicted molar refractivity (Wildman–Crippen MR) is 164 cm³/mol. The molecular weight excluding hydrogens is 456 g/mol. The van der Waals surface area contributed by atoms with Gasteiger partial charge < -0.3 is 0 Å². The molecule has 0 aromatic carbocycles. The summed E-state index contributed by atoms with van der Waals surface area (Å²) in [5, 5.41) is 0. The Morgan fingerprint density at radius 2 is 1.16 bits per heavy atom. The average molecular weight is 511 g/mol. The minimum atomic E-state index is 0.384. The maximum atomic E-state index is 4.80. The SMILES string of the molecule is C=C1C(=C)C(C(=C(C2=C(C)C(C)C(C)=C2C)C2CCC3CCCCC32)C2CCC3CCCCC32)C(C)=C1C. The van der Waals surface area contributed by atoms with Crippen LogP contribution in [0.2, 0.25) is 0 Å². The van der Waals surface area contributed by atoms with Gasteiger partial charge in [0.05, 0.1) is 0 Å². The van der Waals surface area contributed by atoms with Gasteiger partial charge in [0.1, 0.15) is 0 Å². The average Bonchev–Trinajstić information content (AvgIpc) is 3.64. The second-order valence-electron chi connectivity index (χ2n) is 14.5. The van der Waals surface area contributed by atoms with Gasteiger partial charge in [-0.25, -0.2) is 0 Å². The highest BCUT2D eigenvalue weighted by atomic mass is 14.5. The Morgan fingerprint density at radius 1 is 0.605 bits per heavy atom. The smallest absolute Gasteiger partial charge is 0.0269 e. The zero-order valence-corrected chi connectivity index (χ0v) is 25.5. The van der Waals surface area contributed by atoms with Crippen molar-refractivity contribution in [1.29, 1.82) is 0 Å². The molecule has 0 aromatic heterocycles. The van der Waals surface area contributed by atoms with E-state index in [0.717, 1.165) is 35.5 Å². The molecule has 0 heterocycles. The molecule has 4 saturated carbocycles.